The molecule has 1 heterocycles. The molecule has 7 nitrogen and oxygen atoms in total. The van der Waals surface area contributed by atoms with E-state index in [1.807, 2.05) is 6.92 Å². The molecule has 2 rings (SSSR count). The summed E-state index contributed by atoms with van der Waals surface area (Å²) in [6, 6.07) is 3.43. The van der Waals surface area contributed by atoms with Crippen LogP contribution < -0.4 is 5.32 Å². The fourth-order valence-corrected chi connectivity index (χ4v) is 2.29. The number of nitro benzene ring substituents is 1. The zero-order valence-corrected chi connectivity index (χ0v) is 11.8. The number of carbonyl (C=O) groups is 1. The van der Waals surface area contributed by atoms with Gasteiger partial charge in [0.05, 0.1) is 4.92 Å². The summed E-state index contributed by atoms with van der Waals surface area (Å²) in [5.74, 6) is -0.728. The first-order valence-corrected chi connectivity index (χ1v) is 6.75. The molecule has 0 atom stereocenters. The highest BCUT2D eigenvalue weighted by atomic mass is 16.6. The number of phenolic OH excluding ortho intramolecular Hbond substituents is 1. The molecular weight excluding hydrogens is 276 g/mol. The number of hydrogen-bond acceptors (Lipinski definition) is 5. The zero-order chi connectivity index (χ0) is 15.5. The first-order valence-electron chi connectivity index (χ1n) is 6.75. The van der Waals surface area contributed by atoms with Crippen molar-refractivity contribution in [2.24, 2.45) is 5.41 Å². The number of nitrogens with one attached hydrogen (secondary N) is 1. The Kier molecular flexibility index (Phi) is 4.42. The Bertz CT molecular complexity index is 552. The molecule has 1 aromatic carbocycles. The Balaban J connectivity index is 2.09. The van der Waals surface area contributed by atoms with E-state index >= 15 is 0 Å². The number of hydrogen-bond donors (Lipinski definition) is 2. The number of nitro groups is 1. The van der Waals surface area contributed by atoms with Gasteiger partial charge in [-0.15, -0.1) is 0 Å². The molecule has 0 spiro atoms. The van der Waals surface area contributed by atoms with E-state index < -0.39 is 10.8 Å². The summed E-state index contributed by atoms with van der Waals surface area (Å²) in [6.07, 6.45) is 1.66. The van der Waals surface area contributed by atoms with E-state index in [9.17, 15) is 20.0 Å². The molecule has 1 aliphatic heterocycles. The highest BCUT2D eigenvalue weighted by Gasteiger charge is 2.29. The van der Waals surface area contributed by atoms with Gasteiger partial charge >= 0.3 is 0 Å². The van der Waals surface area contributed by atoms with E-state index in [0.29, 0.717) is 19.8 Å². The standard InChI is InChI=1S/C14H18N2O5/c1-14(4-6-21-7-5-14)9-15-13(18)11-8-10(17)2-3-12(11)16(19)20/h2-3,8,17H,4-7,9H2,1H3,(H,15,18). The number of aromatic hydroxyl groups is 1. The van der Waals surface area contributed by atoms with Gasteiger partial charge in [-0.25, -0.2) is 0 Å². The molecule has 1 amide bonds. The first-order chi connectivity index (χ1) is 9.91. The van der Waals surface area contributed by atoms with Crippen molar-refractivity contribution in [2.75, 3.05) is 19.8 Å². The Morgan fingerprint density at radius 3 is 2.76 bits per heavy atom. The number of phenols is 1. The second-order valence-electron chi connectivity index (χ2n) is 5.56. The largest absolute Gasteiger partial charge is 0.508 e. The maximum atomic E-state index is 12.1. The van der Waals surface area contributed by atoms with Crippen LogP contribution in [0.4, 0.5) is 5.69 Å². The minimum atomic E-state index is -0.634. The molecule has 0 unspecified atom stereocenters. The van der Waals surface area contributed by atoms with Crippen LogP contribution in [0.5, 0.6) is 5.75 Å². The predicted molar refractivity (Wildman–Crippen MR) is 75.3 cm³/mol. The highest BCUT2D eigenvalue weighted by molar-refractivity contribution is 5.98. The average Bonchev–Trinajstić information content (AvgIpc) is 2.45. The Morgan fingerprint density at radius 2 is 2.14 bits per heavy atom. The summed E-state index contributed by atoms with van der Waals surface area (Å²) in [5.41, 5.74) is -0.516. The van der Waals surface area contributed by atoms with Crippen LogP contribution in [0.2, 0.25) is 0 Å². The number of amides is 1. The first kappa shape index (κ1) is 15.2. The van der Waals surface area contributed by atoms with Gasteiger partial charge in [0.2, 0.25) is 0 Å². The van der Waals surface area contributed by atoms with Crippen LogP contribution in [0.3, 0.4) is 0 Å². The van der Waals surface area contributed by atoms with Gasteiger partial charge in [-0.05, 0) is 30.4 Å². The molecule has 0 aromatic heterocycles. The van der Waals surface area contributed by atoms with Gasteiger partial charge in [0, 0.05) is 25.8 Å². The van der Waals surface area contributed by atoms with Gasteiger partial charge in [0.1, 0.15) is 11.3 Å². The summed E-state index contributed by atoms with van der Waals surface area (Å²) in [4.78, 5) is 22.4. The van der Waals surface area contributed by atoms with Gasteiger partial charge in [0.25, 0.3) is 11.6 Å². The Morgan fingerprint density at radius 1 is 1.48 bits per heavy atom. The number of nitrogens with zero attached hydrogens (tertiary/aromatic N) is 1. The van der Waals surface area contributed by atoms with Gasteiger partial charge in [-0.3, -0.25) is 14.9 Å². The predicted octanol–water partition coefficient (Wildman–Crippen LogP) is 1.85. The summed E-state index contributed by atoms with van der Waals surface area (Å²) < 4.78 is 5.29. The Labute approximate surface area is 122 Å². The van der Waals surface area contributed by atoms with Crippen molar-refractivity contribution in [2.45, 2.75) is 19.8 Å². The quantitative estimate of drug-likeness (QED) is 0.651. The number of carbonyl (C=O) groups excluding carboxylic acids is 1. The molecule has 1 fully saturated rings. The van der Waals surface area contributed by atoms with Crippen LogP contribution >= 0.6 is 0 Å². The number of ether oxygens (including phenoxy) is 1. The maximum Gasteiger partial charge on any atom is 0.282 e. The molecule has 1 saturated heterocycles. The van der Waals surface area contributed by atoms with Gasteiger partial charge in [-0.2, -0.15) is 0 Å². The third-order valence-electron chi connectivity index (χ3n) is 3.80. The van der Waals surface area contributed by atoms with Gasteiger partial charge in [-0.1, -0.05) is 6.92 Å². The Hall–Kier alpha value is -2.15. The fraction of sp³-hybridized carbons (Fsp3) is 0.500. The van der Waals surface area contributed by atoms with Crippen LogP contribution in [0.25, 0.3) is 0 Å². The van der Waals surface area contributed by atoms with E-state index in [-0.39, 0.29) is 22.4 Å². The van der Waals surface area contributed by atoms with Crippen molar-refractivity contribution in [3.63, 3.8) is 0 Å². The van der Waals surface area contributed by atoms with E-state index in [0.717, 1.165) is 25.0 Å². The smallest absolute Gasteiger partial charge is 0.282 e. The molecule has 0 radical (unpaired) electrons. The third-order valence-corrected chi connectivity index (χ3v) is 3.80. The van der Waals surface area contributed by atoms with Crippen LogP contribution in [-0.2, 0) is 4.74 Å². The van der Waals surface area contributed by atoms with E-state index in [4.69, 9.17) is 4.74 Å². The van der Waals surface area contributed by atoms with Crippen LogP contribution in [0, 0.1) is 15.5 Å². The average molecular weight is 294 g/mol. The molecule has 114 valence electrons. The number of benzene rings is 1. The SMILES string of the molecule is CC1(CNC(=O)c2cc(O)ccc2[N+](=O)[O-])CCOCC1. The minimum Gasteiger partial charge on any atom is -0.508 e. The van der Waals surface area contributed by atoms with Gasteiger partial charge in [0.15, 0.2) is 0 Å². The molecule has 0 aliphatic carbocycles. The zero-order valence-electron chi connectivity index (χ0n) is 11.8. The van der Waals surface area contributed by atoms with E-state index in [1.54, 1.807) is 0 Å². The molecule has 7 heteroatoms. The van der Waals surface area contributed by atoms with Crippen molar-refractivity contribution in [1.29, 1.82) is 0 Å². The second kappa shape index (κ2) is 6.09. The van der Waals surface area contributed by atoms with E-state index in [1.165, 1.54) is 6.07 Å². The lowest BCUT2D eigenvalue weighted by atomic mass is 9.82. The summed E-state index contributed by atoms with van der Waals surface area (Å²) in [6.45, 7) is 3.77. The molecule has 0 bridgehead atoms. The van der Waals surface area contributed by atoms with Crippen molar-refractivity contribution >= 4 is 11.6 Å². The van der Waals surface area contributed by atoms with Crippen molar-refractivity contribution < 1.29 is 19.6 Å². The lowest BCUT2D eigenvalue weighted by Crippen LogP contribution is -2.39. The topological polar surface area (TPSA) is 102 Å². The lowest BCUT2D eigenvalue weighted by Gasteiger charge is -2.33. The summed E-state index contributed by atoms with van der Waals surface area (Å²) >= 11 is 0. The minimum absolute atomic E-state index is 0.0699. The van der Waals surface area contributed by atoms with Crippen LogP contribution in [-0.4, -0.2) is 35.7 Å². The number of rotatable bonds is 4. The maximum absolute atomic E-state index is 12.1. The fourth-order valence-electron chi connectivity index (χ4n) is 2.29. The normalized spacial score (nSPS) is 17.2. The van der Waals surface area contributed by atoms with Crippen molar-refractivity contribution in [3.8, 4) is 5.75 Å². The van der Waals surface area contributed by atoms with Crippen molar-refractivity contribution in [3.05, 3.63) is 33.9 Å². The van der Waals surface area contributed by atoms with Crippen LogP contribution in [0.1, 0.15) is 30.1 Å². The monoisotopic (exact) mass is 294 g/mol. The molecular formula is C14H18N2O5. The molecule has 2 N–H and O–H groups in total. The second-order valence-corrected chi connectivity index (χ2v) is 5.56. The van der Waals surface area contributed by atoms with Gasteiger partial charge < -0.3 is 15.2 Å². The molecule has 1 aliphatic rings. The third kappa shape index (κ3) is 3.69. The van der Waals surface area contributed by atoms with Crippen molar-refractivity contribution in [1.82, 2.24) is 5.32 Å². The molecule has 1 aromatic rings. The summed E-state index contributed by atoms with van der Waals surface area (Å²) in [5, 5.41) is 23.1. The van der Waals surface area contributed by atoms with Crippen LogP contribution in [0.15, 0.2) is 18.2 Å². The van der Waals surface area contributed by atoms with E-state index in [2.05, 4.69) is 5.32 Å². The highest BCUT2D eigenvalue weighted by Crippen LogP contribution is 2.29. The summed E-state index contributed by atoms with van der Waals surface area (Å²) in [7, 11) is 0. The molecule has 0 saturated carbocycles. The lowest BCUT2D eigenvalue weighted by molar-refractivity contribution is -0.385. The molecule has 21 heavy (non-hydrogen) atoms.